The molecule has 0 aliphatic carbocycles. The first-order chi connectivity index (χ1) is 14.7. The number of aromatic hydroxyl groups is 2. The topological polar surface area (TPSA) is 165 Å². The molecule has 0 heterocycles. The number of benzene rings is 2. The van der Waals surface area contributed by atoms with E-state index < -0.39 is 0 Å². The number of aryl methyl sites for hydroxylation is 1. The smallest absolute Gasteiger partial charge is 0.150 e. The zero-order chi connectivity index (χ0) is 25.4. The Hall–Kier alpha value is -3.39. The van der Waals surface area contributed by atoms with Gasteiger partial charge < -0.3 is 32.3 Å². The Labute approximate surface area is 186 Å². The monoisotopic (exact) mass is 436 g/mol. The molecule has 0 radical (unpaired) electrons. The van der Waals surface area contributed by atoms with Crippen molar-refractivity contribution >= 4 is 25.5 Å². The Morgan fingerprint density at radius 1 is 1.03 bits per heavy atom. The molecule has 0 amide bonds. The molecule has 2 aromatic carbocycles. The van der Waals surface area contributed by atoms with E-state index in [1.807, 2.05) is 33.6 Å². The fourth-order valence-electron chi connectivity index (χ4n) is 1.74. The zero-order valence-electron chi connectivity index (χ0n) is 19.6. The van der Waals surface area contributed by atoms with Gasteiger partial charge in [0.2, 0.25) is 0 Å². The Kier molecular flexibility index (Phi) is 27.9. The second-order valence-electron chi connectivity index (χ2n) is 6.03. The van der Waals surface area contributed by atoms with Gasteiger partial charge in [-0.1, -0.05) is 34.1 Å². The maximum absolute atomic E-state index is 10.1. The number of phenols is 2. The highest BCUT2D eigenvalue weighted by molar-refractivity contribution is 5.75. The van der Waals surface area contributed by atoms with Crippen LogP contribution in [0.3, 0.4) is 0 Å². The summed E-state index contributed by atoms with van der Waals surface area (Å²) in [4.78, 5) is 18.1. The second kappa shape index (κ2) is 24.6. The first-order valence-corrected chi connectivity index (χ1v) is 9.53. The van der Waals surface area contributed by atoms with Crippen molar-refractivity contribution in [2.45, 2.75) is 47.0 Å². The lowest BCUT2D eigenvalue weighted by Gasteiger charge is -2.09. The number of anilines is 1. The van der Waals surface area contributed by atoms with Crippen LogP contribution in [0.25, 0.3) is 0 Å². The minimum atomic E-state index is 0.150. The summed E-state index contributed by atoms with van der Waals surface area (Å²) < 4.78 is 0. The Morgan fingerprint density at radius 2 is 1.42 bits per heavy atom. The highest BCUT2D eigenvalue weighted by Gasteiger charge is 2.08. The van der Waals surface area contributed by atoms with Crippen LogP contribution in [0.2, 0.25) is 0 Å². The van der Waals surface area contributed by atoms with Gasteiger partial charge in [-0.15, -0.1) is 0 Å². The molecule has 8 nitrogen and oxygen atoms in total. The van der Waals surface area contributed by atoms with Crippen LogP contribution < -0.4 is 17.3 Å². The molecule has 0 bridgehead atoms. The van der Waals surface area contributed by atoms with Crippen molar-refractivity contribution < 1.29 is 19.8 Å². The lowest BCUT2D eigenvalue weighted by atomic mass is 9.99. The van der Waals surface area contributed by atoms with Gasteiger partial charge in [0.15, 0.2) is 0 Å². The van der Waals surface area contributed by atoms with Crippen LogP contribution in [0.1, 0.15) is 61.5 Å². The Morgan fingerprint density at radius 3 is 1.74 bits per heavy atom. The fourth-order valence-corrected chi connectivity index (χ4v) is 1.74. The molecule has 0 saturated heterocycles. The van der Waals surface area contributed by atoms with Crippen LogP contribution in [-0.4, -0.2) is 37.1 Å². The molecule has 0 unspecified atom stereocenters. The SMILES string of the molecule is C=NN.C=O.CCC.CN.Cc1cc(C(C)C)c(O)cc1O.Nc1ccc(C=O)cc1. The van der Waals surface area contributed by atoms with E-state index in [0.717, 1.165) is 17.4 Å². The molecule has 0 atom stereocenters. The number of rotatable bonds is 2. The molecule has 8 N–H and O–H groups in total. The first kappa shape index (κ1) is 35.1. The predicted molar refractivity (Wildman–Crippen MR) is 132 cm³/mol. The van der Waals surface area contributed by atoms with E-state index in [-0.39, 0.29) is 17.4 Å². The summed E-state index contributed by atoms with van der Waals surface area (Å²) in [7, 11) is 1.50. The van der Waals surface area contributed by atoms with E-state index in [9.17, 15) is 15.0 Å². The normalized spacial score (nSPS) is 8.00. The molecular weight excluding hydrogens is 396 g/mol. The third-order valence-electron chi connectivity index (χ3n) is 3.04. The molecule has 0 aromatic heterocycles. The summed E-state index contributed by atoms with van der Waals surface area (Å²) in [6.07, 6.45) is 2.04. The number of nitrogens with zero attached hydrogens (tertiary/aromatic N) is 1. The number of hydrogen-bond acceptors (Lipinski definition) is 8. The molecule has 31 heavy (non-hydrogen) atoms. The van der Waals surface area contributed by atoms with Gasteiger partial charge in [0.05, 0.1) is 0 Å². The average molecular weight is 437 g/mol. The number of nitrogen functional groups attached to an aromatic ring is 1. The summed E-state index contributed by atoms with van der Waals surface area (Å²) in [6.45, 7) is 15.0. The number of carbonyl (C=O) groups is 2. The molecule has 0 aliphatic rings. The van der Waals surface area contributed by atoms with Crippen LogP contribution in [0, 0.1) is 6.92 Å². The molecule has 2 aromatic rings. The third-order valence-corrected chi connectivity index (χ3v) is 3.04. The molecule has 8 heteroatoms. The van der Waals surface area contributed by atoms with E-state index >= 15 is 0 Å². The van der Waals surface area contributed by atoms with Gasteiger partial charge in [-0.2, -0.15) is 5.10 Å². The Bertz CT molecular complexity index is 691. The molecule has 176 valence electrons. The number of hydrogen-bond donors (Lipinski definition) is 5. The van der Waals surface area contributed by atoms with E-state index in [1.165, 1.54) is 19.5 Å². The largest absolute Gasteiger partial charge is 0.508 e. The van der Waals surface area contributed by atoms with Crippen molar-refractivity contribution in [1.29, 1.82) is 0 Å². The van der Waals surface area contributed by atoms with E-state index in [1.54, 1.807) is 24.3 Å². The predicted octanol–water partition coefficient (Wildman–Crippen LogP) is 3.98. The number of aldehydes is 1. The van der Waals surface area contributed by atoms with Crippen LogP contribution >= 0.6 is 0 Å². The summed E-state index contributed by atoms with van der Waals surface area (Å²) in [6, 6.07) is 9.97. The maximum atomic E-state index is 10.1. The van der Waals surface area contributed by atoms with Crippen molar-refractivity contribution in [3.63, 3.8) is 0 Å². The van der Waals surface area contributed by atoms with Gasteiger partial charge in [-0.05, 0) is 61.3 Å². The van der Waals surface area contributed by atoms with Crippen molar-refractivity contribution in [2.24, 2.45) is 16.7 Å². The fraction of sp³-hybridized carbons (Fsp3) is 0.348. The van der Waals surface area contributed by atoms with Crippen LogP contribution in [0.4, 0.5) is 5.69 Å². The van der Waals surface area contributed by atoms with Gasteiger partial charge >= 0.3 is 0 Å². The minimum Gasteiger partial charge on any atom is -0.508 e. The van der Waals surface area contributed by atoms with Crippen molar-refractivity contribution in [1.82, 2.24) is 0 Å². The van der Waals surface area contributed by atoms with Gasteiger partial charge in [0, 0.05) is 24.0 Å². The van der Waals surface area contributed by atoms with E-state index in [4.69, 9.17) is 10.5 Å². The van der Waals surface area contributed by atoms with Crippen molar-refractivity contribution in [3.05, 3.63) is 53.1 Å². The van der Waals surface area contributed by atoms with Crippen molar-refractivity contribution in [2.75, 3.05) is 12.8 Å². The second-order valence-corrected chi connectivity index (χ2v) is 6.03. The summed E-state index contributed by atoms with van der Waals surface area (Å²) in [5.74, 6) is 4.97. The van der Waals surface area contributed by atoms with Crippen LogP contribution in [0.5, 0.6) is 11.5 Å². The van der Waals surface area contributed by atoms with Crippen LogP contribution in [0.15, 0.2) is 41.5 Å². The first-order valence-electron chi connectivity index (χ1n) is 9.53. The number of carbonyl (C=O) groups excluding carboxylic acids is 2. The third kappa shape index (κ3) is 19.7. The summed E-state index contributed by atoms with van der Waals surface area (Å²) >= 11 is 0. The lowest BCUT2D eigenvalue weighted by Crippen LogP contribution is -1.89. The maximum Gasteiger partial charge on any atom is 0.150 e. The number of phenolic OH excluding ortho intramolecular Hbond substituents is 2. The van der Waals surface area contributed by atoms with Gasteiger partial charge in [0.1, 0.15) is 24.6 Å². The average Bonchev–Trinajstić information content (AvgIpc) is 2.75. The molecule has 0 fully saturated rings. The number of nitrogens with two attached hydrogens (primary N) is 3. The molecule has 2 rings (SSSR count). The van der Waals surface area contributed by atoms with E-state index in [2.05, 4.69) is 37.2 Å². The number of hydrazone groups is 1. The highest BCUT2D eigenvalue weighted by atomic mass is 16.3. The summed E-state index contributed by atoms with van der Waals surface area (Å²) in [5.41, 5.74) is 12.9. The van der Waals surface area contributed by atoms with Gasteiger partial charge in [0.25, 0.3) is 0 Å². The van der Waals surface area contributed by atoms with Gasteiger partial charge in [-0.25, -0.2) is 0 Å². The quantitative estimate of drug-likeness (QED) is 0.156. The van der Waals surface area contributed by atoms with E-state index in [0.29, 0.717) is 11.3 Å². The standard InChI is InChI=1S/C10H14O2.C7H7NO.C3H8.CH4N2.CH5N.CH2O/c1-6(2)8-4-7(3)9(11)5-10(8)12;8-7-3-1-6(5-9)2-4-7;2*1-3-2;2*1-2/h4-6,11-12H,1-3H3;1-5H,8H2;3H2,1-2H3;1-2H2;2H2,1H3;1H2. The highest BCUT2D eigenvalue weighted by Crippen LogP contribution is 2.31. The molecular formula is C23H40N4O4. The molecule has 0 saturated carbocycles. The Balaban J connectivity index is -0.000000169. The minimum absolute atomic E-state index is 0.150. The molecule has 0 aliphatic heterocycles. The summed E-state index contributed by atoms with van der Waals surface area (Å²) in [5, 5.41) is 21.4. The zero-order valence-corrected chi connectivity index (χ0v) is 19.6. The van der Waals surface area contributed by atoms with Crippen LogP contribution in [-0.2, 0) is 4.79 Å². The lowest BCUT2D eigenvalue weighted by molar-refractivity contribution is -0.0980. The molecule has 0 spiro atoms. The van der Waals surface area contributed by atoms with Gasteiger partial charge in [-0.3, -0.25) is 4.79 Å². The van der Waals surface area contributed by atoms with Crippen molar-refractivity contribution in [3.8, 4) is 11.5 Å².